The van der Waals surface area contributed by atoms with E-state index in [4.69, 9.17) is 28.4 Å². The average molecular weight is 1500 g/mol. The minimum absolute atomic E-state index is 0.227. The zero-order valence-electron chi connectivity index (χ0n) is 65.6. The van der Waals surface area contributed by atoms with Crippen LogP contribution in [-0.4, -0.2) is 215 Å². The van der Waals surface area contributed by atoms with Crippen molar-refractivity contribution in [3.8, 4) is 0 Å². The van der Waals surface area contributed by atoms with Gasteiger partial charge in [-0.25, -0.2) is 4.79 Å². The van der Waals surface area contributed by atoms with Gasteiger partial charge in [0.05, 0.1) is 50.7 Å². The van der Waals surface area contributed by atoms with Crippen LogP contribution in [-0.2, 0) is 42.8 Å². The van der Waals surface area contributed by atoms with E-state index in [0.717, 1.165) is 58.3 Å². The zero-order chi connectivity index (χ0) is 76.7. The maximum atomic E-state index is 13.6. The van der Waals surface area contributed by atoms with E-state index in [9.17, 15) is 75.7 Å². The van der Waals surface area contributed by atoms with Gasteiger partial charge in [0.1, 0.15) is 67.1 Å². The van der Waals surface area contributed by atoms with E-state index >= 15 is 0 Å². The lowest BCUT2D eigenvalue weighted by Crippen LogP contribution is -2.70. The fourth-order valence-corrected chi connectivity index (χ4v) is 15.0. The molecule has 3 heterocycles. The number of ether oxygens (including phenoxy) is 6. The van der Waals surface area contributed by atoms with E-state index in [1.807, 2.05) is 0 Å². The van der Waals surface area contributed by atoms with Gasteiger partial charge in [-0.05, 0) is 38.5 Å². The monoisotopic (exact) mass is 1500 g/mol. The molecule has 3 fully saturated rings. The Morgan fingerprint density at radius 2 is 0.886 bits per heavy atom. The number of carbonyl (C=O) groups is 3. The van der Waals surface area contributed by atoms with Gasteiger partial charge in [-0.1, -0.05) is 309 Å². The Morgan fingerprint density at radius 1 is 0.486 bits per heavy atom. The number of rotatable bonds is 68. The third kappa shape index (κ3) is 41.0. The summed E-state index contributed by atoms with van der Waals surface area (Å²) in [5, 5.41) is 137. The smallest absolute Gasteiger partial charge is 0.364 e. The first kappa shape index (κ1) is 96.7. The van der Waals surface area contributed by atoms with E-state index in [0.29, 0.717) is 19.3 Å². The molecule has 105 heavy (non-hydrogen) atoms. The molecule has 23 nitrogen and oxygen atoms in total. The van der Waals surface area contributed by atoms with Gasteiger partial charge in [0.15, 0.2) is 12.6 Å². The molecular formula is C82H154N2O21. The fraction of sp³-hybridized carbons (Fsp3) is 0.939. The van der Waals surface area contributed by atoms with E-state index in [1.165, 1.54) is 250 Å². The Bertz CT molecular complexity index is 2140. The summed E-state index contributed by atoms with van der Waals surface area (Å²) in [6, 6.07) is -2.53. The van der Waals surface area contributed by atoms with Gasteiger partial charge in [-0.15, -0.1) is 0 Å². The number of aliphatic carboxylic acids is 1. The maximum Gasteiger partial charge on any atom is 0.364 e. The molecule has 0 aromatic rings. The van der Waals surface area contributed by atoms with Crippen molar-refractivity contribution in [2.75, 3.05) is 26.4 Å². The summed E-state index contributed by atoms with van der Waals surface area (Å²) in [6.07, 6.45) is 37.8. The number of amides is 2. The van der Waals surface area contributed by atoms with Crippen molar-refractivity contribution < 1.29 is 104 Å². The lowest BCUT2D eigenvalue weighted by Gasteiger charge is -2.50. The van der Waals surface area contributed by atoms with Gasteiger partial charge >= 0.3 is 5.97 Å². The highest BCUT2D eigenvalue weighted by molar-refractivity contribution is 5.77. The molecule has 0 radical (unpaired) electrons. The molecule has 2 amide bonds. The first-order chi connectivity index (χ1) is 50.9. The molecule has 18 atom stereocenters. The summed E-state index contributed by atoms with van der Waals surface area (Å²) in [5.74, 6) is -6.09. The molecular weight excluding hydrogens is 1350 g/mol. The number of aliphatic hydroxyl groups is 11. The quantitative estimate of drug-likeness (QED) is 0.0199. The fourth-order valence-electron chi connectivity index (χ4n) is 15.0. The molecule has 0 saturated carbocycles. The lowest BCUT2D eigenvalue weighted by molar-refractivity contribution is -0.386. The minimum atomic E-state index is -3.08. The van der Waals surface area contributed by atoms with E-state index in [2.05, 4.69) is 36.6 Å². The van der Waals surface area contributed by atoms with Crippen molar-refractivity contribution in [3.63, 3.8) is 0 Å². The topological polar surface area (TPSA) is 373 Å². The molecule has 3 aliphatic rings. The van der Waals surface area contributed by atoms with Crippen LogP contribution in [0.1, 0.15) is 355 Å². The normalized spacial score (nSPS) is 26.2. The molecule has 0 aliphatic carbocycles. The molecule has 0 aromatic heterocycles. The summed E-state index contributed by atoms with van der Waals surface area (Å²) < 4.78 is 35.0. The van der Waals surface area contributed by atoms with Crippen molar-refractivity contribution in [2.45, 2.75) is 464 Å². The van der Waals surface area contributed by atoms with E-state index in [-0.39, 0.29) is 18.9 Å². The molecule has 3 rings (SSSR count). The van der Waals surface area contributed by atoms with Crippen molar-refractivity contribution in [2.24, 2.45) is 0 Å². The minimum Gasteiger partial charge on any atom is -0.477 e. The van der Waals surface area contributed by atoms with Crippen LogP contribution in [0.4, 0.5) is 0 Å². The third-order valence-corrected chi connectivity index (χ3v) is 21.7. The number of hydrogen-bond acceptors (Lipinski definition) is 20. The molecule has 18 unspecified atom stereocenters. The zero-order valence-corrected chi connectivity index (χ0v) is 65.6. The van der Waals surface area contributed by atoms with Crippen LogP contribution in [0, 0.1) is 0 Å². The molecule has 23 heteroatoms. The highest BCUT2D eigenvalue weighted by atomic mass is 16.8. The summed E-state index contributed by atoms with van der Waals surface area (Å²) >= 11 is 0. The number of carboxylic acids is 1. The van der Waals surface area contributed by atoms with Crippen molar-refractivity contribution in [1.82, 2.24) is 10.6 Å². The SMILES string of the molecule is CCCCCCCCCCCCCC/C=C\CCCCCCCCCCCCCCCCCC(=O)NC(COC1OC(CO)C(OC2OC(CO)C(O)C(OC3(C(=O)O)CC(O)C(NC(C)=O)C(C(O)C(O)CO)O3)C2O)C(O)C1O)C(O)CCCCCCCCCCCCCCCCCCCCCC. The summed E-state index contributed by atoms with van der Waals surface area (Å²) in [4.78, 5) is 38.7. The molecule has 14 N–H and O–H groups in total. The van der Waals surface area contributed by atoms with Gasteiger partial charge in [0, 0.05) is 19.8 Å². The van der Waals surface area contributed by atoms with Gasteiger partial charge < -0.3 is 100 Å². The summed E-state index contributed by atoms with van der Waals surface area (Å²) in [7, 11) is 0. The van der Waals surface area contributed by atoms with Crippen molar-refractivity contribution in [3.05, 3.63) is 12.2 Å². The predicted molar refractivity (Wildman–Crippen MR) is 408 cm³/mol. The molecule has 0 aromatic carbocycles. The Balaban J connectivity index is 1.47. The Labute approximate surface area is 632 Å². The number of carbonyl (C=O) groups excluding carboxylic acids is 2. The molecule has 0 bridgehead atoms. The molecule has 618 valence electrons. The van der Waals surface area contributed by atoms with E-state index in [1.54, 1.807) is 0 Å². The first-order valence-corrected chi connectivity index (χ1v) is 42.5. The highest BCUT2D eigenvalue weighted by Crippen LogP contribution is 2.39. The van der Waals surface area contributed by atoms with E-state index < -0.39 is 148 Å². The van der Waals surface area contributed by atoms with Crippen molar-refractivity contribution in [1.29, 1.82) is 0 Å². The van der Waals surface area contributed by atoms with Gasteiger partial charge in [0.25, 0.3) is 5.79 Å². The summed E-state index contributed by atoms with van der Waals surface area (Å²) in [6.45, 7) is 2.27. The molecule has 3 aliphatic heterocycles. The number of allylic oxidation sites excluding steroid dienone is 2. The van der Waals surface area contributed by atoms with Gasteiger partial charge in [-0.2, -0.15) is 0 Å². The van der Waals surface area contributed by atoms with Crippen LogP contribution >= 0.6 is 0 Å². The van der Waals surface area contributed by atoms with Crippen LogP contribution in [0.3, 0.4) is 0 Å². The third-order valence-electron chi connectivity index (χ3n) is 21.7. The largest absolute Gasteiger partial charge is 0.477 e. The predicted octanol–water partition coefficient (Wildman–Crippen LogP) is 12.1. The van der Waals surface area contributed by atoms with Crippen molar-refractivity contribution >= 4 is 17.8 Å². The van der Waals surface area contributed by atoms with Crippen LogP contribution in [0.15, 0.2) is 12.2 Å². The first-order valence-electron chi connectivity index (χ1n) is 42.5. The number of unbranched alkanes of at least 4 members (excludes halogenated alkanes) is 46. The molecule has 0 spiro atoms. The second-order valence-electron chi connectivity index (χ2n) is 31.0. The maximum absolute atomic E-state index is 13.6. The summed E-state index contributed by atoms with van der Waals surface area (Å²) in [5.41, 5.74) is 0. The second-order valence-corrected chi connectivity index (χ2v) is 31.0. The van der Waals surface area contributed by atoms with Gasteiger partial charge in [-0.3, -0.25) is 9.59 Å². The van der Waals surface area contributed by atoms with Crippen LogP contribution in [0.2, 0.25) is 0 Å². The highest BCUT2D eigenvalue weighted by Gasteiger charge is 2.60. The van der Waals surface area contributed by atoms with Crippen LogP contribution < -0.4 is 10.6 Å². The Hall–Kier alpha value is -2.53. The average Bonchev–Trinajstić information content (AvgIpc) is 0.755. The van der Waals surface area contributed by atoms with Crippen LogP contribution in [0.25, 0.3) is 0 Å². The number of nitrogens with one attached hydrogen (secondary N) is 2. The van der Waals surface area contributed by atoms with Gasteiger partial charge in [0.2, 0.25) is 11.8 Å². The molecule has 3 saturated heterocycles. The standard InChI is InChI=1S/C82H154N2O21/c1-4-6-8-10-12-14-16-18-20-22-24-26-27-28-29-30-31-32-33-34-35-36-38-40-42-44-46-48-50-52-54-56-69(92)84-63(64(89)55-53-51-49-47-45-43-41-39-37-25-23-21-19-17-15-13-11-9-7-5-2)61-100-79-74(96)73(95)76(68(60-87)102-79)103-80-75(97)78(72(94)67(59-86)101-80)105-82(81(98)99)57-65(90)70(83-62(3)88)77(104-82)71(93)66(91)58-85/h28-29,63-68,70-80,85-87,89-91,93-97H,4-27,30-61H2,1-3H3,(H,83,88)(H,84,92)(H,98,99)/b29-28-. The Morgan fingerprint density at radius 3 is 1.29 bits per heavy atom. The Kier molecular flexibility index (Phi) is 56.3. The number of aliphatic hydroxyl groups excluding tert-OH is 11. The number of carboxylic acid groups (broad SMARTS) is 1. The number of hydrogen-bond donors (Lipinski definition) is 14. The van der Waals surface area contributed by atoms with Crippen LogP contribution in [0.5, 0.6) is 0 Å². The lowest BCUT2D eigenvalue weighted by atomic mass is 9.88. The second kappa shape index (κ2) is 61.1.